The van der Waals surface area contributed by atoms with Crippen molar-refractivity contribution in [2.24, 2.45) is 0 Å². The van der Waals surface area contributed by atoms with Crippen LogP contribution in [-0.2, 0) is 4.79 Å². The summed E-state index contributed by atoms with van der Waals surface area (Å²) in [7, 11) is 0. The number of nitro groups is 1. The van der Waals surface area contributed by atoms with E-state index in [1.807, 2.05) is 0 Å². The Kier molecular flexibility index (Phi) is 3.69. The summed E-state index contributed by atoms with van der Waals surface area (Å²) in [5, 5.41) is 20.4. The van der Waals surface area contributed by atoms with Gasteiger partial charge in [0.25, 0.3) is 5.69 Å². The van der Waals surface area contributed by atoms with Gasteiger partial charge in [-0.1, -0.05) is 12.1 Å². The molecule has 1 aromatic rings. The van der Waals surface area contributed by atoms with Crippen LogP contribution in [0.15, 0.2) is 18.2 Å². The van der Waals surface area contributed by atoms with Gasteiger partial charge in [0.2, 0.25) is 0 Å². The van der Waals surface area contributed by atoms with Crippen LogP contribution in [0.2, 0.25) is 0 Å². The van der Waals surface area contributed by atoms with Crippen molar-refractivity contribution in [2.45, 2.75) is 32.2 Å². The number of nitrogens with zero attached hydrogens (tertiary/aromatic N) is 2. The van der Waals surface area contributed by atoms with Crippen molar-refractivity contribution in [1.82, 2.24) is 0 Å². The molecular formula is C13H16N2O4. The summed E-state index contributed by atoms with van der Waals surface area (Å²) in [5.41, 5.74) is 1.16. The molecule has 0 aliphatic carbocycles. The van der Waals surface area contributed by atoms with Crippen LogP contribution in [0.1, 0.15) is 24.8 Å². The normalized spacial score (nSPS) is 19.2. The van der Waals surface area contributed by atoms with E-state index < -0.39 is 16.9 Å². The fourth-order valence-corrected chi connectivity index (χ4v) is 2.62. The molecule has 1 aliphatic heterocycles. The van der Waals surface area contributed by atoms with Crippen LogP contribution >= 0.6 is 0 Å². The van der Waals surface area contributed by atoms with Gasteiger partial charge >= 0.3 is 5.97 Å². The van der Waals surface area contributed by atoms with Gasteiger partial charge in [-0.3, -0.25) is 10.1 Å². The number of rotatable bonds is 3. The molecule has 0 spiro atoms. The molecule has 6 nitrogen and oxygen atoms in total. The summed E-state index contributed by atoms with van der Waals surface area (Å²) in [6.07, 6.45) is 2.23. The van der Waals surface area contributed by atoms with Crippen LogP contribution in [0.4, 0.5) is 11.4 Å². The molecule has 1 N–H and O–H groups in total. The third kappa shape index (κ3) is 2.52. The number of hydrogen-bond donors (Lipinski definition) is 1. The third-order valence-corrected chi connectivity index (χ3v) is 3.49. The molecule has 2 rings (SSSR count). The number of hydrogen-bond acceptors (Lipinski definition) is 4. The second kappa shape index (κ2) is 5.26. The lowest BCUT2D eigenvalue weighted by atomic mass is 9.99. The molecule has 1 aliphatic rings. The van der Waals surface area contributed by atoms with Gasteiger partial charge < -0.3 is 10.0 Å². The summed E-state index contributed by atoms with van der Waals surface area (Å²) in [4.78, 5) is 23.7. The van der Waals surface area contributed by atoms with Crippen LogP contribution < -0.4 is 4.90 Å². The smallest absolute Gasteiger partial charge is 0.326 e. The molecule has 19 heavy (non-hydrogen) atoms. The number of carbonyl (C=O) groups is 1. The lowest BCUT2D eigenvalue weighted by Crippen LogP contribution is -2.45. The Morgan fingerprint density at radius 3 is 2.84 bits per heavy atom. The van der Waals surface area contributed by atoms with Crippen molar-refractivity contribution in [3.8, 4) is 0 Å². The van der Waals surface area contributed by atoms with E-state index in [9.17, 15) is 20.0 Å². The van der Waals surface area contributed by atoms with Crippen molar-refractivity contribution in [2.75, 3.05) is 11.4 Å². The summed E-state index contributed by atoms with van der Waals surface area (Å²) in [6.45, 7) is 2.32. The number of aliphatic carboxylic acids is 1. The Bertz CT molecular complexity index is 515. The van der Waals surface area contributed by atoms with Crippen molar-refractivity contribution in [3.05, 3.63) is 33.9 Å². The molecule has 1 aromatic carbocycles. The number of nitro benzene ring substituents is 1. The predicted octanol–water partition coefficient (Wildman–Crippen LogP) is 2.35. The molecule has 0 aromatic heterocycles. The van der Waals surface area contributed by atoms with Crippen LogP contribution in [0.5, 0.6) is 0 Å². The van der Waals surface area contributed by atoms with Gasteiger partial charge in [0.1, 0.15) is 11.7 Å². The van der Waals surface area contributed by atoms with Crippen molar-refractivity contribution in [1.29, 1.82) is 0 Å². The molecule has 102 valence electrons. The molecule has 1 atom stereocenters. The van der Waals surface area contributed by atoms with E-state index >= 15 is 0 Å². The van der Waals surface area contributed by atoms with Gasteiger partial charge in [-0.2, -0.15) is 0 Å². The average molecular weight is 264 g/mol. The average Bonchev–Trinajstić information content (AvgIpc) is 2.38. The Morgan fingerprint density at radius 2 is 2.21 bits per heavy atom. The van der Waals surface area contributed by atoms with E-state index in [0.717, 1.165) is 18.4 Å². The van der Waals surface area contributed by atoms with E-state index in [-0.39, 0.29) is 5.69 Å². The zero-order chi connectivity index (χ0) is 14.0. The lowest BCUT2D eigenvalue weighted by Gasteiger charge is -2.35. The van der Waals surface area contributed by atoms with Crippen molar-refractivity contribution >= 4 is 17.3 Å². The summed E-state index contributed by atoms with van der Waals surface area (Å²) < 4.78 is 0. The Labute approximate surface area is 110 Å². The molecule has 0 amide bonds. The highest BCUT2D eigenvalue weighted by atomic mass is 16.6. The molecule has 1 fully saturated rings. The molecule has 0 radical (unpaired) electrons. The van der Waals surface area contributed by atoms with E-state index in [4.69, 9.17) is 0 Å². The second-order valence-corrected chi connectivity index (χ2v) is 4.74. The maximum atomic E-state index is 11.3. The highest BCUT2D eigenvalue weighted by molar-refractivity contribution is 5.81. The minimum absolute atomic E-state index is 0.0202. The van der Waals surface area contributed by atoms with E-state index in [0.29, 0.717) is 18.7 Å². The topological polar surface area (TPSA) is 83.7 Å². The number of carboxylic acid groups (broad SMARTS) is 1. The first-order chi connectivity index (χ1) is 9.02. The highest BCUT2D eigenvalue weighted by Crippen LogP contribution is 2.35. The minimum Gasteiger partial charge on any atom is -0.480 e. The van der Waals surface area contributed by atoms with Crippen molar-refractivity contribution in [3.63, 3.8) is 0 Å². The Hall–Kier alpha value is -2.11. The molecular weight excluding hydrogens is 248 g/mol. The first kappa shape index (κ1) is 13.3. The van der Waals surface area contributed by atoms with E-state index in [1.54, 1.807) is 24.0 Å². The SMILES string of the molecule is Cc1cccc([N+](=O)[O-])c1N1CCCCC1C(=O)O. The number of carboxylic acids is 1. The molecule has 6 heteroatoms. The van der Waals surface area contributed by atoms with Gasteiger partial charge in [-0.05, 0) is 31.7 Å². The van der Waals surface area contributed by atoms with Crippen LogP contribution in [0.3, 0.4) is 0 Å². The van der Waals surface area contributed by atoms with Gasteiger partial charge in [0, 0.05) is 12.6 Å². The van der Waals surface area contributed by atoms with Crippen LogP contribution in [0.25, 0.3) is 0 Å². The van der Waals surface area contributed by atoms with E-state index in [1.165, 1.54) is 6.07 Å². The van der Waals surface area contributed by atoms with Gasteiger partial charge in [-0.15, -0.1) is 0 Å². The number of aryl methyl sites for hydroxylation is 1. The van der Waals surface area contributed by atoms with Crippen LogP contribution in [0, 0.1) is 17.0 Å². The summed E-state index contributed by atoms with van der Waals surface area (Å²) in [5.74, 6) is -0.919. The zero-order valence-electron chi connectivity index (χ0n) is 10.7. The fraction of sp³-hybridized carbons (Fsp3) is 0.462. The summed E-state index contributed by atoms with van der Waals surface area (Å²) in [6, 6.07) is 4.15. The van der Waals surface area contributed by atoms with Crippen molar-refractivity contribution < 1.29 is 14.8 Å². The lowest BCUT2D eigenvalue weighted by molar-refractivity contribution is -0.384. The highest BCUT2D eigenvalue weighted by Gasteiger charge is 2.33. The fourth-order valence-electron chi connectivity index (χ4n) is 2.62. The maximum Gasteiger partial charge on any atom is 0.326 e. The maximum absolute atomic E-state index is 11.3. The van der Waals surface area contributed by atoms with E-state index in [2.05, 4.69) is 0 Å². The van der Waals surface area contributed by atoms with Gasteiger partial charge in [-0.25, -0.2) is 4.79 Å². The first-order valence-electron chi connectivity index (χ1n) is 6.26. The monoisotopic (exact) mass is 264 g/mol. The van der Waals surface area contributed by atoms with Gasteiger partial charge in [0.15, 0.2) is 0 Å². The number of anilines is 1. The minimum atomic E-state index is -0.919. The number of benzene rings is 1. The Morgan fingerprint density at radius 1 is 1.47 bits per heavy atom. The summed E-state index contributed by atoms with van der Waals surface area (Å²) >= 11 is 0. The van der Waals surface area contributed by atoms with Crippen LogP contribution in [-0.4, -0.2) is 28.6 Å². The number of para-hydroxylation sites is 1. The Balaban J connectivity index is 2.49. The third-order valence-electron chi connectivity index (χ3n) is 3.49. The predicted molar refractivity (Wildman–Crippen MR) is 70.5 cm³/mol. The number of piperidine rings is 1. The quantitative estimate of drug-likeness (QED) is 0.669. The largest absolute Gasteiger partial charge is 0.480 e. The standard InChI is InChI=1S/C13H16N2O4/c1-9-5-4-7-10(15(18)19)12(9)14-8-3-2-6-11(14)13(16)17/h4-5,7,11H,2-3,6,8H2,1H3,(H,16,17). The first-order valence-corrected chi connectivity index (χ1v) is 6.26. The molecule has 0 bridgehead atoms. The molecule has 1 heterocycles. The molecule has 1 saturated heterocycles. The molecule has 1 unspecified atom stereocenters. The molecule has 0 saturated carbocycles. The van der Waals surface area contributed by atoms with Gasteiger partial charge in [0.05, 0.1) is 4.92 Å². The zero-order valence-corrected chi connectivity index (χ0v) is 10.7. The second-order valence-electron chi connectivity index (χ2n) is 4.74.